The number of aromatic nitrogens is 8. The summed E-state index contributed by atoms with van der Waals surface area (Å²) in [4.78, 5) is 34.6. The molecule has 4 aromatic rings. The number of aliphatic hydroxyl groups is 2. The number of aromatic amines is 1. The van der Waals surface area contributed by atoms with Crippen LogP contribution in [-0.4, -0.2) is 97.9 Å². The first-order valence-corrected chi connectivity index (χ1v) is 15.8. The molecule has 220 valence electrons. The third kappa shape index (κ3) is 4.66. The number of nitrogens with zero attached hydrogens (tertiary/aromatic N) is 7. The zero-order chi connectivity index (χ0) is 29.2. The molecule has 2 fully saturated rings. The number of rotatable bonds is 7. The minimum Gasteiger partial charge on any atom is -0.395 e. The average Bonchev–Trinajstić information content (AvgIpc) is 3.68. The van der Waals surface area contributed by atoms with Crippen LogP contribution in [-0.2, 0) is 13.8 Å². The van der Waals surface area contributed by atoms with E-state index in [9.17, 15) is 19.6 Å². The fourth-order valence-electron chi connectivity index (χ4n) is 4.94. The Hall–Kier alpha value is -2.87. The van der Waals surface area contributed by atoms with Gasteiger partial charge in [0.2, 0.25) is 5.95 Å². The summed E-state index contributed by atoms with van der Waals surface area (Å²) in [5, 5.41) is 18.3. The van der Waals surface area contributed by atoms with Crippen LogP contribution in [0.5, 0.6) is 0 Å². The number of hydrogen-bond acceptors (Lipinski definition) is 14. The number of thiol groups is 1. The zero-order valence-corrected chi connectivity index (χ0v) is 23.2. The second kappa shape index (κ2) is 10.4. The van der Waals surface area contributed by atoms with Crippen molar-refractivity contribution in [2.45, 2.75) is 47.1 Å². The molecule has 9 atom stereocenters. The molecule has 0 radical (unpaired) electrons. The minimum absolute atomic E-state index is 0.00235. The molecule has 0 spiro atoms. The molecular formula is C20H23F2N10O6PS2. The van der Waals surface area contributed by atoms with Crippen molar-refractivity contribution in [2.24, 2.45) is 0 Å². The second-order valence-electron chi connectivity index (χ2n) is 9.40. The summed E-state index contributed by atoms with van der Waals surface area (Å²) in [6.45, 7) is -5.47. The number of alkyl halides is 2. The third-order valence-corrected chi connectivity index (χ3v) is 11.7. The van der Waals surface area contributed by atoms with Gasteiger partial charge in [-0.3, -0.25) is 18.9 Å². The van der Waals surface area contributed by atoms with Crippen LogP contribution < -0.4 is 17.0 Å². The number of nitrogens with two attached hydrogens (primary N) is 2. The van der Waals surface area contributed by atoms with Gasteiger partial charge in [-0.2, -0.15) is 4.98 Å². The summed E-state index contributed by atoms with van der Waals surface area (Å²) < 4.78 is 58.4. The highest BCUT2D eigenvalue weighted by Crippen LogP contribution is 2.67. The number of aliphatic hydroxyl groups excluding tert-OH is 2. The van der Waals surface area contributed by atoms with E-state index in [-0.39, 0.29) is 34.1 Å². The van der Waals surface area contributed by atoms with Gasteiger partial charge >= 0.3 is 0 Å². The first kappa shape index (κ1) is 28.3. The maximum atomic E-state index is 15.6. The van der Waals surface area contributed by atoms with Crippen molar-refractivity contribution in [3.63, 3.8) is 0 Å². The Balaban J connectivity index is 1.25. The molecule has 21 heteroatoms. The number of H-pyrrole nitrogens is 1. The minimum atomic E-state index is -4.25. The molecule has 0 aromatic carbocycles. The molecule has 7 N–H and O–H groups in total. The number of imidazole rings is 2. The summed E-state index contributed by atoms with van der Waals surface area (Å²) in [5.74, 6) is -0.148. The monoisotopic (exact) mass is 632 g/mol. The Morgan fingerprint density at radius 1 is 1.15 bits per heavy atom. The highest BCUT2D eigenvalue weighted by Gasteiger charge is 2.55. The van der Waals surface area contributed by atoms with E-state index in [1.165, 1.54) is 28.1 Å². The fraction of sp³-hybridized carbons (Fsp3) is 0.500. The molecule has 4 aromatic heterocycles. The molecule has 0 saturated carbocycles. The molecule has 2 aliphatic heterocycles. The fourth-order valence-corrected chi connectivity index (χ4v) is 9.91. The van der Waals surface area contributed by atoms with Crippen LogP contribution in [0.1, 0.15) is 11.6 Å². The van der Waals surface area contributed by atoms with E-state index in [4.69, 9.17) is 20.7 Å². The van der Waals surface area contributed by atoms with E-state index >= 15 is 8.78 Å². The highest BCUT2D eigenvalue weighted by molar-refractivity contribution is 8.46. The maximum absolute atomic E-state index is 15.6. The third-order valence-electron chi connectivity index (χ3n) is 6.95. The van der Waals surface area contributed by atoms with Gasteiger partial charge < -0.3 is 35.5 Å². The summed E-state index contributed by atoms with van der Waals surface area (Å²) in [6, 6.07) is 0. The number of nitrogen functional groups attached to an aromatic ring is 2. The number of thioether (sulfide) groups is 1. The van der Waals surface area contributed by atoms with E-state index in [1.54, 1.807) is 0 Å². The van der Waals surface area contributed by atoms with Crippen molar-refractivity contribution in [1.29, 1.82) is 0 Å². The van der Waals surface area contributed by atoms with Gasteiger partial charge in [0.05, 0.1) is 36.5 Å². The highest BCUT2D eigenvalue weighted by atomic mass is 32.7. The van der Waals surface area contributed by atoms with Crippen molar-refractivity contribution in [3.8, 4) is 0 Å². The molecule has 0 amide bonds. The zero-order valence-electron chi connectivity index (χ0n) is 20.6. The van der Waals surface area contributed by atoms with Crippen LogP contribution in [0.2, 0.25) is 0 Å². The lowest BCUT2D eigenvalue weighted by atomic mass is 10.1. The Morgan fingerprint density at radius 3 is 2.63 bits per heavy atom. The molecule has 0 aliphatic carbocycles. The van der Waals surface area contributed by atoms with Crippen LogP contribution in [0, 0.1) is 0 Å². The lowest BCUT2D eigenvalue weighted by molar-refractivity contribution is -0.0407. The smallest absolute Gasteiger partial charge is 0.280 e. The predicted octanol–water partition coefficient (Wildman–Crippen LogP) is 0.173. The largest absolute Gasteiger partial charge is 0.395 e. The lowest BCUT2D eigenvalue weighted by Crippen LogP contribution is -2.33. The van der Waals surface area contributed by atoms with Gasteiger partial charge in [-0.1, -0.05) is 12.2 Å². The van der Waals surface area contributed by atoms with Crippen LogP contribution in [0.15, 0.2) is 23.8 Å². The molecule has 6 rings (SSSR count). The first-order valence-electron chi connectivity index (χ1n) is 12.0. The van der Waals surface area contributed by atoms with Gasteiger partial charge in [0.1, 0.15) is 35.9 Å². The molecule has 16 nitrogen and oxygen atoms in total. The number of anilines is 2. The Labute approximate surface area is 237 Å². The quantitative estimate of drug-likeness (QED) is 0.118. The molecule has 2 saturated heterocycles. The summed E-state index contributed by atoms with van der Waals surface area (Å²) in [6.07, 6.45) is -4.67. The Bertz CT molecular complexity index is 1720. The first-order chi connectivity index (χ1) is 19.5. The SMILES string of the molecule is Nc1nc2c(ncn2[C@@H]2S[C@H](CO)[C@H](F)[C@H]2P(=O)(S)OC[C@H]2O[C@@H](n3cnc4c(N)ncnc43)[C@@H](F)[C@@H]2O)c(=O)[nH]1. The van der Waals surface area contributed by atoms with Crippen molar-refractivity contribution >= 4 is 64.7 Å². The molecule has 41 heavy (non-hydrogen) atoms. The van der Waals surface area contributed by atoms with E-state index in [2.05, 4.69) is 42.2 Å². The molecule has 1 unspecified atom stereocenters. The molecule has 2 aliphatic rings. The van der Waals surface area contributed by atoms with Gasteiger partial charge in [0.25, 0.3) is 12.1 Å². The van der Waals surface area contributed by atoms with Crippen molar-refractivity contribution in [1.82, 2.24) is 39.0 Å². The van der Waals surface area contributed by atoms with Crippen LogP contribution >= 0.6 is 30.6 Å². The van der Waals surface area contributed by atoms with Crippen LogP contribution in [0.4, 0.5) is 20.5 Å². The van der Waals surface area contributed by atoms with Crippen LogP contribution in [0.25, 0.3) is 22.3 Å². The van der Waals surface area contributed by atoms with Crippen molar-refractivity contribution in [3.05, 3.63) is 29.3 Å². The van der Waals surface area contributed by atoms with Gasteiger partial charge in [0, 0.05) is 0 Å². The number of fused-ring (bicyclic) bond motifs is 2. The normalized spacial score (nSPS) is 31.7. The lowest BCUT2D eigenvalue weighted by Gasteiger charge is -2.27. The molecule has 0 bridgehead atoms. The maximum Gasteiger partial charge on any atom is 0.280 e. The number of halogens is 2. The molecule has 6 heterocycles. The average molecular weight is 633 g/mol. The summed E-state index contributed by atoms with van der Waals surface area (Å²) in [5.41, 5.74) is 9.64. The topological polar surface area (TPSA) is 235 Å². The van der Waals surface area contributed by atoms with Crippen molar-refractivity contribution < 1.29 is 32.8 Å². The van der Waals surface area contributed by atoms with E-state index in [0.29, 0.717) is 0 Å². The number of nitrogens with one attached hydrogen (secondary N) is 1. The van der Waals surface area contributed by atoms with Gasteiger partial charge in [-0.15, -0.1) is 11.8 Å². The summed E-state index contributed by atoms with van der Waals surface area (Å²) >= 11 is 5.12. The molecular weight excluding hydrogens is 609 g/mol. The van der Waals surface area contributed by atoms with Crippen LogP contribution in [0.3, 0.4) is 0 Å². The standard InChI is InChI=1S/C20H23F2N10O6PS2/c21-8-7(1-33)41-19(32-5-28-11-16(32)29-20(24)30-17(11)35)13(8)39(36,40)37-2-6-12(34)9(22)18(38-6)31-4-27-10-14(23)25-3-26-15(10)31/h3-9,12-13,18-19,33-34H,1-2H2,(H,36,40)(H2,23,25,26)(H3,24,29,30,35)/t6-,7-,8+,9+,12-,13-,18-,19-,39?/m1/s1. The predicted molar refractivity (Wildman–Crippen MR) is 146 cm³/mol. The van der Waals surface area contributed by atoms with Gasteiger partial charge in [-0.25, -0.2) is 28.7 Å². The van der Waals surface area contributed by atoms with E-state index < -0.39 is 72.4 Å². The number of ether oxygens (including phenoxy) is 1. The summed E-state index contributed by atoms with van der Waals surface area (Å²) in [7, 11) is 0. The van der Waals surface area contributed by atoms with Gasteiger partial charge in [0.15, 0.2) is 35.0 Å². The van der Waals surface area contributed by atoms with E-state index in [1.807, 2.05) is 0 Å². The van der Waals surface area contributed by atoms with Crippen molar-refractivity contribution in [2.75, 3.05) is 24.7 Å². The number of hydrogen-bond donors (Lipinski definition) is 6. The van der Waals surface area contributed by atoms with E-state index in [0.717, 1.165) is 11.8 Å². The second-order valence-corrected chi connectivity index (χ2v) is 14.4. The Kier molecular flexibility index (Phi) is 7.20. The Morgan fingerprint density at radius 2 is 1.88 bits per heavy atom. The van der Waals surface area contributed by atoms with Gasteiger partial charge in [-0.05, 0) is 0 Å².